The van der Waals surface area contributed by atoms with Gasteiger partial charge in [-0.3, -0.25) is 4.79 Å². The maximum absolute atomic E-state index is 11.9. The molecule has 0 bridgehead atoms. The molecule has 3 nitrogen and oxygen atoms in total. The fraction of sp³-hybridized carbons (Fsp3) is 0.154. The van der Waals surface area contributed by atoms with Crippen molar-refractivity contribution in [3.63, 3.8) is 0 Å². The summed E-state index contributed by atoms with van der Waals surface area (Å²) in [6.45, 7) is 0.509. The highest BCUT2D eigenvalue weighted by molar-refractivity contribution is 9.10. The summed E-state index contributed by atoms with van der Waals surface area (Å²) < 4.78 is 6.00. The van der Waals surface area contributed by atoms with E-state index in [1.165, 1.54) is 0 Å². The first kappa shape index (κ1) is 13.2. The third-order valence-electron chi connectivity index (χ3n) is 2.41. The normalized spacial score (nSPS) is 10.3. The zero-order valence-electron chi connectivity index (χ0n) is 9.45. The Labute approximate surface area is 118 Å². The van der Waals surface area contributed by atoms with E-state index in [4.69, 9.17) is 16.0 Å². The van der Waals surface area contributed by atoms with Crippen molar-refractivity contribution in [3.05, 3.63) is 57.4 Å². The Bertz CT molecular complexity index is 540. The third kappa shape index (κ3) is 3.37. The third-order valence-corrected chi connectivity index (χ3v) is 3.23. The van der Waals surface area contributed by atoms with Gasteiger partial charge >= 0.3 is 0 Å². The van der Waals surface area contributed by atoms with Gasteiger partial charge in [-0.25, -0.2) is 0 Å². The predicted molar refractivity (Wildman–Crippen MR) is 73.9 cm³/mol. The molecule has 1 aromatic heterocycles. The fourth-order valence-corrected chi connectivity index (χ4v) is 2.09. The number of benzene rings is 1. The van der Waals surface area contributed by atoms with E-state index >= 15 is 0 Å². The molecule has 2 aromatic rings. The average Bonchev–Trinajstić information content (AvgIpc) is 2.85. The fourth-order valence-electron chi connectivity index (χ4n) is 1.52. The Balaban J connectivity index is 1.93. The lowest BCUT2D eigenvalue weighted by Crippen LogP contribution is -2.25. The number of halogens is 2. The number of hydrogen-bond donors (Lipinski definition) is 1. The number of nitrogens with one attached hydrogen (secondary N) is 1. The molecule has 0 unspecified atom stereocenters. The van der Waals surface area contributed by atoms with Gasteiger partial charge in [-0.15, -0.1) is 0 Å². The van der Waals surface area contributed by atoms with Gasteiger partial charge < -0.3 is 9.73 Å². The molecule has 0 aliphatic heterocycles. The molecule has 0 radical (unpaired) electrons. The van der Waals surface area contributed by atoms with Crippen molar-refractivity contribution in [1.29, 1.82) is 0 Å². The molecule has 1 amide bonds. The summed E-state index contributed by atoms with van der Waals surface area (Å²) in [5, 5.41) is 3.24. The highest BCUT2D eigenvalue weighted by Crippen LogP contribution is 2.20. The first-order valence-corrected chi connectivity index (χ1v) is 6.59. The molecule has 0 atom stereocenters. The Morgan fingerprint density at radius 1 is 1.39 bits per heavy atom. The van der Waals surface area contributed by atoms with Gasteiger partial charge in [-0.2, -0.15) is 0 Å². The van der Waals surface area contributed by atoms with Crippen molar-refractivity contribution < 1.29 is 9.21 Å². The molecule has 5 heteroatoms. The van der Waals surface area contributed by atoms with Gasteiger partial charge in [0.15, 0.2) is 0 Å². The van der Waals surface area contributed by atoms with Gasteiger partial charge in [0.1, 0.15) is 5.76 Å². The SMILES string of the molecule is O=C(NCCc1ccco1)c1cc(Br)ccc1Cl. The first-order chi connectivity index (χ1) is 8.66. The van der Waals surface area contributed by atoms with Crippen LogP contribution in [0.15, 0.2) is 45.5 Å². The zero-order valence-corrected chi connectivity index (χ0v) is 11.8. The monoisotopic (exact) mass is 327 g/mol. The lowest BCUT2D eigenvalue weighted by molar-refractivity contribution is 0.0954. The highest BCUT2D eigenvalue weighted by atomic mass is 79.9. The summed E-state index contributed by atoms with van der Waals surface area (Å²) in [6, 6.07) is 8.88. The molecule has 0 saturated carbocycles. The van der Waals surface area contributed by atoms with E-state index < -0.39 is 0 Å². The van der Waals surface area contributed by atoms with Gasteiger partial charge in [-0.05, 0) is 30.3 Å². The average molecular weight is 329 g/mol. The molecule has 0 aliphatic rings. The van der Waals surface area contributed by atoms with Crippen LogP contribution in [0.1, 0.15) is 16.1 Å². The van der Waals surface area contributed by atoms with Crippen LogP contribution >= 0.6 is 27.5 Å². The summed E-state index contributed by atoms with van der Waals surface area (Å²) in [5.41, 5.74) is 0.463. The number of hydrogen-bond acceptors (Lipinski definition) is 2. The molecule has 18 heavy (non-hydrogen) atoms. The van der Waals surface area contributed by atoms with E-state index in [1.54, 1.807) is 24.5 Å². The van der Waals surface area contributed by atoms with E-state index in [-0.39, 0.29) is 5.91 Å². The molecule has 1 N–H and O–H groups in total. The molecular weight excluding hydrogens is 318 g/mol. The zero-order chi connectivity index (χ0) is 13.0. The first-order valence-electron chi connectivity index (χ1n) is 5.42. The molecule has 2 rings (SSSR count). The van der Waals surface area contributed by atoms with E-state index in [1.807, 2.05) is 12.1 Å². The minimum Gasteiger partial charge on any atom is -0.469 e. The Morgan fingerprint density at radius 3 is 2.94 bits per heavy atom. The molecule has 0 saturated heterocycles. The van der Waals surface area contributed by atoms with Crippen molar-refractivity contribution in [2.45, 2.75) is 6.42 Å². The summed E-state index contributed by atoms with van der Waals surface area (Å²) in [5.74, 6) is 0.656. The number of rotatable bonds is 4. The van der Waals surface area contributed by atoms with Crippen LogP contribution < -0.4 is 5.32 Å². The second-order valence-corrected chi connectivity index (χ2v) is 5.03. The van der Waals surface area contributed by atoms with Crippen molar-refractivity contribution in [2.75, 3.05) is 6.54 Å². The molecule has 0 spiro atoms. The van der Waals surface area contributed by atoms with Crippen molar-refractivity contribution in [3.8, 4) is 0 Å². The molecule has 1 aromatic carbocycles. The number of furan rings is 1. The van der Waals surface area contributed by atoms with Crippen molar-refractivity contribution in [1.82, 2.24) is 5.32 Å². The van der Waals surface area contributed by atoms with Gasteiger partial charge in [0, 0.05) is 17.4 Å². The lowest BCUT2D eigenvalue weighted by atomic mass is 10.2. The molecule has 0 fully saturated rings. The van der Waals surface area contributed by atoms with Crippen molar-refractivity contribution >= 4 is 33.4 Å². The Morgan fingerprint density at radius 2 is 2.22 bits per heavy atom. The summed E-state index contributed by atoms with van der Waals surface area (Å²) in [4.78, 5) is 11.9. The van der Waals surface area contributed by atoms with Crippen LogP contribution in [0.3, 0.4) is 0 Å². The summed E-state index contributed by atoms with van der Waals surface area (Å²) >= 11 is 9.28. The van der Waals surface area contributed by atoms with Gasteiger partial charge in [-0.1, -0.05) is 27.5 Å². The van der Waals surface area contributed by atoms with Crippen LogP contribution in [-0.4, -0.2) is 12.5 Å². The quantitative estimate of drug-likeness (QED) is 0.930. The lowest BCUT2D eigenvalue weighted by Gasteiger charge is -2.06. The largest absolute Gasteiger partial charge is 0.469 e. The number of amides is 1. The van der Waals surface area contributed by atoms with Crippen LogP contribution in [0.5, 0.6) is 0 Å². The topological polar surface area (TPSA) is 42.2 Å². The number of carbonyl (C=O) groups is 1. The predicted octanol–water partition coefficient (Wildman–Crippen LogP) is 3.67. The van der Waals surface area contributed by atoms with E-state index in [0.29, 0.717) is 23.6 Å². The Kier molecular flexibility index (Phi) is 4.44. The Hall–Kier alpha value is -1.26. The minimum absolute atomic E-state index is 0.187. The molecule has 1 heterocycles. The van der Waals surface area contributed by atoms with E-state index in [9.17, 15) is 4.79 Å². The second-order valence-electron chi connectivity index (χ2n) is 3.71. The van der Waals surface area contributed by atoms with Gasteiger partial charge in [0.2, 0.25) is 0 Å². The standard InChI is InChI=1S/C13H11BrClNO2/c14-9-3-4-12(15)11(8-9)13(17)16-6-5-10-2-1-7-18-10/h1-4,7-8H,5-6H2,(H,16,17). The molecule has 0 aliphatic carbocycles. The molecule has 94 valence electrons. The van der Waals surface area contributed by atoms with Crippen LogP contribution in [0, 0.1) is 0 Å². The smallest absolute Gasteiger partial charge is 0.252 e. The van der Waals surface area contributed by atoms with Crippen LogP contribution in [0.25, 0.3) is 0 Å². The second kappa shape index (κ2) is 6.07. The van der Waals surface area contributed by atoms with Crippen LogP contribution in [-0.2, 0) is 6.42 Å². The highest BCUT2D eigenvalue weighted by Gasteiger charge is 2.10. The summed E-state index contributed by atoms with van der Waals surface area (Å²) in [7, 11) is 0. The van der Waals surface area contributed by atoms with Crippen molar-refractivity contribution in [2.24, 2.45) is 0 Å². The van der Waals surface area contributed by atoms with Gasteiger partial charge in [0.05, 0.1) is 16.8 Å². The minimum atomic E-state index is -0.187. The molecular formula is C13H11BrClNO2. The van der Waals surface area contributed by atoms with Gasteiger partial charge in [0.25, 0.3) is 5.91 Å². The summed E-state index contributed by atoms with van der Waals surface area (Å²) in [6.07, 6.45) is 2.27. The van der Waals surface area contributed by atoms with Crippen LogP contribution in [0.4, 0.5) is 0 Å². The maximum atomic E-state index is 11.9. The number of carbonyl (C=O) groups excluding carboxylic acids is 1. The van der Waals surface area contributed by atoms with Crippen LogP contribution in [0.2, 0.25) is 5.02 Å². The maximum Gasteiger partial charge on any atom is 0.252 e. The van der Waals surface area contributed by atoms with E-state index in [2.05, 4.69) is 21.2 Å². The van der Waals surface area contributed by atoms with E-state index in [0.717, 1.165) is 10.2 Å².